The summed E-state index contributed by atoms with van der Waals surface area (Å²) in [5.41, 5.74) is 1.20. The summed E-state index contributed by atoms with van der Waals surface area (Å²) < 4.78 is 5.12. The van der Waals surface area contributed by atoms with Crippen LogP contribution in [0.5, 0.6) is 5.06 Å². The average Bonchev–Trinajstić information content (AvgIpc) is 2.47. The summed E-state index contributed by atoms with van der Waals surface area (Å²) in [6, 6.07) is 2.04. The normalized spacial score (nSPS) is 10.0. The maximum atomic E-state index is 8.59. The number of methoxy groups -OCH3 is 1. The zero-order chi connectivity index (χ0) is 8.10. The molecule has 0 aliphatic heterocycles. The molecule has 0 spiro atoms. The number of hydrogen-bond acceptors (Lipinski definition) is 3. The van der Waals surface area contributed by atoms with Gasteiger partial charge in [-0.25, -0.2) is 0 Å². The minimum atomic E-state index is 0.249. The van der Waals surface area contributed by atoms with Crippen molar-refractivity contribution in [3.05, 3.63) is 17.0 Å². The maximum absolute atomic E-state index is 8.59. The molecule has 11 heavy (non-hydrogen) atoms. The van der Waals surface area contributed by atoms with E-state index >= 15 is 0 Å². The topological polar surface area (TPSA) is 29.5 Å². The second-order valence-corrected chi connectivity index (χ2v) is 3.14. The molecule has 0 amide bonds. The van der Waals surface area contributed by atoms with Gasteiger partial charge in [-0.1, -0.05) is 0 Å². The van der Waals surface area contributed by atoms with Crippen molar-refractivity contribution in [1.82, 2.24) is 0 Å². The Morgan fingerprint density at radius 2 is 2.45 bits per heavy atom. The van der Waals surface area contributed by atoms with E-state index in [1.807, 2.05) is 11.4 Å². The van der Waals surface area contributed by atoms with Crippen LogP contribution in [0.25, 0.3) is 0 Å². The summed E-state index contributed by atoms with van der Waals surface area (Å²) >= 11 is 1.60. The largest absolute Gasteiger partial charge is 0.487 e. The molecule has 1 N–H and O–H groups in total. The zero-order valence-corrected chi connectivity index (χ0v) is 7.36. The predicted molar refractivity (Wildman–Crippen MR) is 46.3 cm³/mol. The van der Waals surface area contributed by atoms with Crippen LogP contribution < -0.4 is 4.74 Å². The lowest BCUT2D eigenvalue weighted by Gasteiger charge is -1.99. The fourth-order valence-corrected chi connectivity index (χ4v) is 1.73. The monoisotopic (exact) mass is 172 g/mol. The predicted octanol–water partition coefficient (Wildman–Crippen LogP) is 1.68. The third kappa shape index (κ3) is 2.20. The second-order valence-electron chi connectivity index (χ2n) is 2.26. The molecule has 62 valence electrons. The molecule has 1 heterocycles. The molecule has 0 aromatic carbocycles. The summed E-state index contributed by atoms with van der Waals surface area (Å²) in [5, 5.41) is 11.6. The molecule has 0 radical (unpaired) electrons. The average molecular weight is 172 g/mol. The van der Waals surface area contributed by atoms with Gasteiger partial charge in [0.1, 0.15) is 0 Å². The van der Waals surface area contributed by atoms with Crippen molar-refractivity contribution < 1.29 is 9.84 Å². The Bertz CT molecular complexity index is 208. The summed E-state index contributed by atoms with van der Waals surface area (Å²) in [6.45, 7) is 0.249. The van der Waals surface area contributed by atoms with Crippen LogP contribution in [0, 0.1) is 0 Å². The van der Waals surface area contributed by atoms with Crippen LogP contribution in [0.1, 0.15) is 12.0 Å². The Kier molecular flexibility index (Phi) is 3.39. The fraction of sp³-hybridized carbons (Fsp3) is 0.500. The summed E-state index contributed by atoms with van der Waals surface area (Å²) in [6.07, 6.45) is 1.72. The van der Waals surface area contributed by atoms with E-state index < -0.39 is 0 Å². The van der Waals surface area contributed by atoms with Crippen molar-refractivity contribution in [2.24, 2.45) is 0 Å². The Labute approximate surface area is 70.4 Å². The van der Waals surface area contributed by atoms with Crippen LogP contribution in [-0.2, 0) is 6.42 Å². The molecule has 1 aromatic rings. The van der Waals surface area contributed by atoms with Gasteiger partial charge >= 0.3 is 0 Å². The van der Waals surface area contributed by atoms with Crippen LogP contribution in [0.4, 0.5) is 0 Å². The Morgan fingerprint density at radius 1 is 1.64 bits per heavy atom. The van der Waals surface area contributed by atoms with Crippen molar-refractivity contribution in [2.45, 2.75) is 12.8 Å². The summed E-state index contributed by atoms with van der Waals surface area (Å²) in [5.74, 6) is 0. The number of hydrogen-bond donors (Lipinski definition) is 1. The number of aryl methyl sites for hydroxylation is 1. The number of aliphatic hydroxyl groups is 1. The summed E-state index contributed by atoms with van der Waals surface area (Å²) in [4.78, 5) is 0. The fourth-order valence-electron chi connectivity index (χ4n) is 0.956. The van der Waals surface area contributed by atoms with E-state index in [4.69, 9.17) is 9.84 Å². The van der Waals surface area contributed by atoms with Crippen molar-refractivity contribution in [1.29, 1.82) is 0 Å². The van der Waals surface area contributed by atoms with Gasteiger partial charge in [-0.15, -0.1) is 11.3 Å². The smallest absolute Gasteiger partial charge is 0.176 e. The Morgan fingerprint density at radius 3 is 3.09 bits per heavy atom. The maximum Gasteiger partial charge on any atom is 0.176 e. The lowest BCUT2D eigenvalue weighted by molar-refractivity contribution is 0.288. The van der Waals surface area contributed by atoms with Crippen LogP contribution in [-0.4, -0.2) is 18.8 Å². The molecule has 0 aliphatic rings. The van der Waals surface area contributed by atoms with E-state index in [-0.39, 0.29) is 6.61 Å². The van der Waals surface area contributed by atoms with Crippen molar-refractivity contribution >= 4 is 11.3 Å². The van der Waals surface area contributed by atoms with Gasteiger partial charge in [0, 0.05) is 12.2 Å². The number of ether oxygens (including phenoxy) is 1. The number of aliphatic hydroxyl groups excluding tert-OH is 1. The standard InChI is InChI=1S/C8H12O2S/c1-10-8-7(3-2-5-9)4-6-11-8/h4,6,9H,2-3,5H2,1H3. The van der Waals surface area contributed by atoms with E-state index in [1.54, 1.807) is 18.4 Å². The highest BCUT2D eigenvalue weighted by Gasteiger charge is 2.02. The molecule has 0 bridgehead atoms. The van der Waals surface area contributed by atoms with E-state index in [0.29, 0.717) is 0 Å². The van der Waals surface area contributed by atoms with E-state index in [2.05, 4.69) is 0 Å². The zero-order valence-electron chi connectivity index (χ0n) is 6.54. The van der Waals surface area contributed by atoms with Crippen LogP contribution in [0.15, 0.2) is 11.4 Å². The van der Waals surface area contributed by atoms with Crippen LogP contribution >= 0.6 is 11.3 Å². The minimum absolute atomic E-state index is 0.249. The third-order valence-electron chi connectivity index (χ3n) is 1.50. The molecule has 0 fully saturated rings. The molecule has 0 atom stereocenters. The molecule has 1 rings (SSSR count). The molecule has 1 aromatic heterocycles. The first-order valence-corrected chi connectivity index (χ1v) is 4.47. The first kappa shape index (κ1) is 8.56. The molecular weight excluding hydrogens is 160 g/mol. The highest BCUT2D eigenvalue weighted by Crippen LogP contribution is 2.26. The lowest BCUT2D eigenvalue weighted by Crippen LogP contribution is -1.90. The molecular formula is C8H12O2S. The number of rotatable bonds is 4. The van der Waals surface area contributed by atoms with Crippen LogP contribution in [0.2, 0.25) is 0 Å². The molecule has 3 heteroatoms. The van der Waals surface area contributed by atoms with E-state index in [0.717, 1.165) is 17.9 Å². The van der Waals surface area contributed by atoms with Gasteiger partial charge in [0.05, 0.1) is 7.11 Å². The second kappa shape index (κ2) is 4.36. The van der Waals surface area contributed by atoms with Crippen molar-refractivity contribution in [3.8, 4) is 5.06 Å². The van der Waals surface area contributed by atoms with Crippen molar-refractivity contribution in [2.75, 3.05) is 13.7 Å². The van der Waals surface area contributed by atoms with Gasteiger partial charge in [0.15, 0.2) is 5.06 Å². The van der Waals surface area contributed by atoms with E-state index in [1.165, 1.54) is 5.56 Å². The number of thiophene rings is 1. The molecule has 0 aliphatic carbocycles. The molecule has 2 nitrogen and oxygen atoms in total. The third-order valence-corrected chi connectivity index (χ3v) is 2.41. The van der Waals surface area contributed by atoms with Gasteiger partial charge in [-0.3, -0.25) is 0 Å². The summed E-state index contributed by atoms with van der Waals surface area (Å²) in [7, 11) is 1.67. The van der Waals surface area contributed by atoms with Gasteiger partial charge in [0.25, 0.3) is 0 Å². The van der Waals surface area contributed by atoms with Gasteiger partial charge in [-0.2, -0.15) is 0 Å². The first-order valence-electron chi connectivity index (χ1n) is 3.59. The molecule has 0 unspecified atom stereocenters. The lowest BCUT2D eigenvalue weighted by atomic mass is 10.2. The quantitative estimate of drug-likeness (QED) is 0.748. The molecule has 0 saturated heterocycles. The van der Waals surface area contributed by atoms with E-state index in [9.17, 15) is 0 Å². The highest BCUT2D eigenvalue weighted by atomic mass is 32.1. The Hall–Kier alpha value is -0.540. The minimum Gasteiger partial charge on any atom is -0.487 e. The van der Waals surface area contributed by atoms with Gasteiger partial charge in [0.2, 0.25) is 0 Å². The van der Waals surface area contributed by atoms with Gasteiger partial charge < -0.3 is 9.84 Å². The van der Waals surface area contributed by atoms with Crippen LogP contribution in [0.3, 0.4) is 0 Å². The molecule has 0 saturated carbocycles. The Balaban J connectivity index is 2.54. The van der Waals surface area contributed by atoms with Crippen molar-refractivity contribution in [3.63, 3.8) is 0 Å². The SMILES string of the molecule is COc1sccc1CCCO. The van der Waals surface area contributed by atoms with Gasteiger partial charge in [-0.05, 0) is 24.3 Å². The first-order chi connectivity index (χ1) is 5.38. The highest BCUT2D eigenvalue weighted by molar-refractivity contribution is 7.12.